The Morgan fingerprint density at radius 2 is 1.96 bits per heavy atom. The molecule has 0 aromatic heterocycles. The fraction of sp³-hybridized carbons (Fsp3) is 0.611. The lowest BCUT2D eigenvalue weighted by Crippen LogP contribution is -2.48. The molecule has 1 aliphatic carbocycles. The molecule has 1 aromatic rings. The second kappa shape index (κ2) is 8.19. The van der Waals surface area contributed by atoms with Gasteiger partial charge in [-0.25, -0.2) is 0 Å². The van der Waals surface area contributed by atoms with Crippen molar-refractivity contribution in [3.63, 3.8) is 0 Å². The van der Waals surface area contributed by atoms with Crippen LogP contribution in [0.2, 0.25) is 0 Å². The fourth-order valence-corrected chi connectivity index (χ4v) is 3.32. The van der Waals surface area contributed by atoms with Crippen LogP contribution in [0.5, 0.6) is 5.75 Å². The number of halogens is 1. The highest BCUT2D eigenvalue weighted by Gasteiger charge is 2.37. The summed E-state index contributed by atoms with van der Waals surface area (Å²) in [6.45, 7) is 3.52. The molecule has 3 rings (SSSR count). The van der Waals surface area contributed by atoms with E-state index in [2.05, 4.69) is 5.32 Å². The largest absolute Gasteiger partial charge is 0.490 e. The predicted octanol–water partition coefficient (Wildman–Crippen LogP) is 3.18. The van der Waals surface area contributed by atoms with Crippen LogP contribution in [-0.4, -0.2) is 30.8 Å². The first-order valence-electron chi connectivity index (χ1n) is 8.52. The average Bonchev–Trinajstić information content (AvgIpc) is 2.99. The van der Waals surface area contributed by atoms with Crippen molar-refractivity contribution >= 4 is 24.0 Å². The maximum absolute atomic E-state index is 12.4. The first kappa shape index (κ1) is 19.0. The van der Waals surface area contributed by atoms with Gasteiger partial charge < -0.3 is 20.5 Å². The van der Waals surface area contributed by atoms with E-state index in [9.17, 15) is 4.79 Å². The monoisotopic (exact) mass is 354 g/mol. The molecule has 24 heavy (non-hydrogen) atoms. The lowest BCUT2D eigenvalue weighted by molar-refractivity contribution is -0.121. The van der Waals surface area contributed by atoms with E-state index in [1.807, 2.05) is 25.1 Å². The summed E-state index contributed by atoms with van der Waals surface area (Å²) in [5.41, 5.74) is 7.29. The van der Waals surface area contributed by atoms with Gasteiger partial charge in [0.05, 0.1) is 18.8 Å². The molecule has 2 aliphatic rings. The van der Waals surface area contributed by atoms with Crippen molar-refractivity contribution in [3.05, 3.63) is 23.8 Å². The molecule has 0 radical (unpaired) electrons. The molecule has 0 spiro atoms. The van der Waals surface area contributed by atoms with Gasteiger partial charge in [-0.15, -0.1) is 12.4 Å². The fourth-order valence-electron chi connectivity index (χ4n) is 3.32. The van der Waals surface area contributed by atoms with Gasteiger partial charge in [-0.05, 0) is 43.5 Å². The number of carbonyl (C=O) groups is 1. The van der Waals surface area contributed by atoms with E-state index in [0.717, 1.165) is 68.7 Å². The third-order valence-corrected chi connectivity index (χ3v) is 4.84. The van der Waals surface area contributed by atoms with Gasteiger partial charge in [-0.3, -0.25) is 4.79 Å². The number of ether oxygens (including phenoxy) is 2. The quantitative estimate of drug-likeness (QED) is 0.870. The highest BCUT2D eigenvalue weighted by molar-refractivity contribution is 5.98. The number of rotatable bonds is 4. The third-order valence-electron chi connectivity index (χ3n) is 4.84. The molecule has 6 heteroatoms. The summed E-state index contributed by atoms with van der Waals surface area (Å²) in [5.74, 6) is 0.797. The maximum atomic E-state index is 12.4. The summed E-state index contributed by atoms with van der Waals surface area (Å²) in [4.78, 5) is 12.4. The zero-order valence-electron chi connectivity index (χ0n) is 14.2. The smallest absolute Gasteiger partial charge is 0.244 e. The topological polar surface area (TPSA) is 73.6 Å². The normalized spacial score (nSPS) is 20.2. The summed E-state index contributed by atoms with van der Waals surface area (Å²) in [7, 11) is 0. The molecular formula is C18H27ClN2O3. The highest BCUT2D eigenvalue weighted by atomic mass is 35.5. The van der Waals surface area contributed by atoms with Gasteiger partial charge in [0.1, 0.15) is 11.9 Å². The number of nitrogens with one attached hydrogen (secondary N) is 1. The molecule has 1 amide bonds. The third kappa shape index (κ3) is 4.41. The Kier molecular flexibility index (Phi) is 6.49. The van der Waals surface area contributed by atoms with Gasteiger partial charge >= 0.3 is 0 Å². The van der Waals surface area contributed by atoms with Crippen LogP contribution in [0.25, 0.3) is 0 Å². The number of aryl methyl sites for hydroxylation is 1. The van der Waals surface area contributed by atoms with Crippen LogP contribution in [0.3, 0.4) is 0 Å². The Morgan fingerprint density at radius 3 is 2.58 bits per heavy atom. The van der Waals surface area contributed by atoms with Crippen LogP contribution in [0.1, 0.15) is 44.1 Å². The lowest BCUT2D eigenvalue weighted by atomic mass is 9.98. The number of amides is 1. The van der Waals surface area contributed by atoms with Crippen LogP contribution >= 0.6 is 12.4 Å². The van der Waals surface area contributed by atoms with Crippen LogP contribution in [0, 0.1) is 6.92 Å². The number of carbonyl (C=O) groups excluding carboxylic acids is 1. The van der Waals surface area contributed by atoms with Crippen molar-refractivity contribution in [2.75, 3.05) is 18.5 Å². The minimum atomic E-state index is -0.703. The van der Waals surface area contributed by atoms with E-state index in [0.29, 0.717) is 0 Å². The Hall–Kier alpha value is -1.30. The van der Waals surface area contributed by atoms with Crippen molar-refractivity contribution in [3.8, 4) is 5.75 Å². The summed E-state index contributed by atoms with van der Waals surface area (Å²) in [6, 6.07) is 5.76. The van der Waals surface area contributed by atoms with E-state index < -0.39 is 5.54 Å². The minimum Gasteiger partial charge on any atom is -0.490 e. The van der Waals surface area contributed by atoms with Crippen molar-refractivity contribution < 1.29 is 14.3 Å². The van der Waals surface area contributed by atoms with Crippen LogP contribution in [0.15, 0.2) is 18.2 Å². The van der Waals surface area contributed by atoms with E-state index in [1.54, 1.807) is 0 Å². The van der Waals surface area contributed by atoms with Crippen LogP contribution < -0.4 is 15.8 Å². The molecule has 0 unspecified atom stereocenters. The summed E-state index contributed by atoms with van der Waals surface area (Å²) < 4.78 is 11.4. The first-order chi connectivity index (χ1) is 11.1. The van der Waals surface area contributed by atoms with Crippen molar-refractivity contribution in [1.82, 2.24) is 0 Å². The Bertz CT molecular complexity index is 567. The minimum absolute atomic E-state index is 0. The van der Waals surface area contributed by atoms with Gasteiger partial charge in [0.15, 0.2) is 0 Å². The van der Waals surface area contributed by atoms with E-state index in [1.165, 1.54) is 0 Å². The molecule has 1 saturated carbocycles. The maximum Gasteiger partial charge on any atom is 0.244 e. The zero-order valence-corrected chi connectivity index (χ0v) is 15.0. The van der Waals surface area contributed by atoms with Gasteiger partial charge in [0.2, 0.25) is 5.91 Å². The van der Waals surface area contributed by atoms with Crippen molar-refractivity contribution in [2.24, 2.45) is 5.73 Å². The molecule has 134 valence electrons. The molecule has 1 saturated heterocycles. The Labute approximate surface area is 149 Å². The number of benzene rings is 1. The molecule has 5 nitrogen and oxygen atoms in total. The molecule has 1 aromatic carbocycles. The second-order valence-electron chi connectivity index (χ2n) is 6.73. The van der Waals surface area contributed by atoms with E-state index in [-0.39, 0.29) is 24.4 Å². The number of hydrogen-bond acceptors (Lipinski definition) is 4. The first-order valence-corrected chi connectivity index (χ1v) is 8.52. The summed E-state index contributed by atoms with van der Waals surface area (Å²) >= 11 is 0. The zero-order chi connectivity index (χ0) is 16.3. The average molecular weight is 355 g/mol. The summed E-state index contributed by atoms with van der Waals surface area (Å²) in [6.07, 6.45) is 5.66. The van der Waals surface area contributed by atoms with Gasteiger partial charge in [0, 0.05) is 18.5 Å². The van der Waals surface area contributed by atoms with E-state index >= 15 is 0 Å². The Morgan fingerprint density at radius 1 is 1.29 bits per heavy atom. The summed E-state index contributed by atoms with van der Waals surface area (Å²) in [5, 5.41) is 2.96. The molecule has 1 heterocycles. The van der Waals surface area contributed by atoms with Gasteiger partial charge in [-0.2, -0.15) is 0 Å². The van der Waals surface area contributed by atoms with Gasteiger partial charge in [0.25, 0.3) is 0 Å². The molecule has 0 bridgehead atoms. The molecule has 3 N–H and O–H groups in total. The van der Waals surface area contributed by atoms with Crippen molar-refractivity contribution in [2.45, 2.75) is 57.1 Å². The SMILES string of the molecule is Cc1cc(NC(=O)C2(N)CCCC2)ccc1OC1CCOCC1.Cl. The Balaban J connectivity index is 0.00000208. The highest BCUT2D eigenvalue weighted by Crippen LogP contribution is 2.30. The lowest BCUT2D eigenvalue weighted by Gasteiger charge is -2.25. The number of hydrogen-bond donors (Lipinski definition) is 2. The van der Waals surface area contributed by atoms with Crippen LogP contribution in [0.4, 0.5) is 5.69 Å². The van der Waals surface area contributed by atoms with E-state index in [4.69, 9.17) is 15.2 Å². The number of anilines is 1. The van der Waals surface area contributed by atoms with Crippen molar-refractivity contribution in [1.29, 1.82) is 0 Å². The second-order valence-corrected chi connectivity index (χ2v) is 6.73. The molecular weight excluding hydrogens is 328 g/mol. The molecule has 2 fully saturated rings. The molecule has 1 aliphatic heterocycles. The predicted molar refractivity (Wildman–Crippen MR) is 96.9 cm³/mol. The standard InChI is InChI=1S/C18H26N2O3.ClH/c1-13-12-14(20-17(21)18(19)8-2-3-9-18)4-5-16(13)23-15-6-10-22-11-7-15;/h4-5,12,15H,2-3,6-11,19H2,1H3,(H,20,21);1H. The van der Waals surface area contributed by atoms with Crippen LogP contribution in [-0.2, 0) is 9.53 Å². The van der Waals surface area contributed by atoms with Gasteiger partial charge in [-0.1, -0.05) is 12.8 Å². The molecule has 0 atom stereocenters. The number of nitrogens with two attached hydrogens (primary N) is 1.